The molecule has 2 amide bonds. The summed E-state index contributed by atoms with van der Waals surface area (Å²) in [6.45, 7) is 2.42. The maximum atomic E-state index is 13.2. The van der Waals surface area contributed by atoms with Gasteiger partial charge in [-0.05, 0) is 35.4 Å². The quantitative estimate of drug-likeness (QED) is 0.539. The number of carbonyl (C=O) groups is 2. The van der Waals surface area contributed by atoms with Crippen molar-refractivity contribution in [2.75, 3.05) is 7.11 Å². The van der Waals surface area contributed by atoms with Gasteiger partial charge in [-0.3, -0.25) is 9.59 Å². The maximum absolute atomic E-state index is 13.2. The Hall–Kier alpha value is -3.54. The molecule has 0 radical (unpaired) electrons. The van der Waals surface area contributed by atoms with E-state index in [0.29, 0.717) is 25.1 Å². The summed E-state index contributed by atoms with van der Waals surface area (Å²) in [6, 6.07) is 20.2. The lowest BCUT2D eigenvalue weighted by Gasteiger charge is -2.31. The van der Waals surface area contributed by atoms with Crippen LogP contribution in [0.2, 0.25) is 0 Å². The highest BCUT2D eigenvalue weighted by Crippen LogP contribution is 2.18. The van der Waals surface area contributed by atoms with Crippen LogP contribution in [0.3, 0.4) is 0 Å². The molecule has 0 aliphatic rings. The molecule has 0 bridgehead atoms. The van der Waals surface area contributed by atoms with Crippen molar-refractivity contribution < 1.29 is 18.7 Å². The van der Waals surface area contributed by atoms with Crippen molar-refractivity contribution in [1.82, 2.24) is 10.2 Å². The second-order valence-electron chi connectivity index (χ2n) is 7.23. The van der Waals surface area contributed by atoms with E-state index in [1.54, 1.807) is 30.4 Å². The Kier molecular flexibility index (Phi) is 7.87. The normalized spacial score (nSPS) is 11.5. The summed E-state index contributed by atoms with van der Waals surface area (Å²) in [6.07, 6.45) is 2.30. The van der Waals surface area contributed by atoms with E-state index in [1.165, 1.54) is 0 Å². The highest BCUT2D eigenvalue weighted by Gasteiger charge is 2.29. The fraction of sp³-hybridized carbons (Fsp3) is 0.280. The molecule has 31 heavy (non-hydrogen) atoms. The number of hydrogen-bond acceptors (Lipinski definition) is 4. The summed E-state index contributed by atoms with van der Waals surface area (Å²) in [5.41, 5.74) is 1.92. The van der Waals surface area contributed by atoms with Gasteiger partial charge in [-0.25, -0.2) is 0 Å². The van der Waals surface area contributed by atoms with Crippen molar-refractivity contribution in [1.29, 1.82) is 0 Å². The van der Waals surface area contributed by atoms with Gasteiger partial charge < -0.3 is 19.4 Å². The predicted octanol–water partition coefficient (Wildman–Crippen LogP) is 3.95. The second kappa shape index (κ2) is 11.0. The first kappa shape index (κ1) is 22.2. The highest BCUT2D eigenvalue weighted by molar-refractivity contribution is 5.87. The zero-order valence-electron chi connectivity index (χ0n) is 17.9. The van der Waals surface area contributed by atoms with Gasteiger partial charge in [0.25, 0.3) is 0 Å². The van der Waals surface area contributed by atoms with E-state index in [2.05, 4.69) is 5.32 Å². The monoisotopic (exact) mass is 420 g/mol. The molecular formula is C25H28N2O4. The van der Waals surface area contributed by atoms with E-state index in [4.69, 9.17) is 9.15 Å². The zero-order valence-corrected chi connectivity index (χ0v) is 17.9. The molecule has 1 atom stereocenters. The Bertz CT molecular complexity index is 953. The first-order valence-electron chi connectivity index (χ1n) is 10.4. The Balaban J connectivity index is 1.85. The number of amides is 2. The predicted molar refractivity (Wildman–Crippen MR) is 118 cm³/mol. The largest absolute Gasteiger partial charge is 0.497 e. The summed E-state index contributed by atoms with van der Waals surface area (Å²) in [5.74, 6) is 1.12. The van der Waals surface area contributed by atoms with Crippen LogP contribution in [0.1, 0.15) is 30.2 Å². The SMILES string of the molecule is CCC(=O)N(Cc1ccc(OC)cc1)[C@H](Cc1ccccc1)C(=O)NCc1ccco1. The lowest BCUT2D eigenvalue weighted by atomic mass is 10.0. The van der Waals surface area contributed by atoms with Gasteiger partial charge in [0.15, 0.2) is 0 Å². The molecule has 1 heterocycles. The Morgan fingerprint density at radius 3 is 2.35 bits per heavy atom. The standard InChI is InChI=1S/C25H28N2O4/c1-3-24(28)27(18-20-11-13-21(30-2)14-12-20)23(16-19-8-5-4-6-9-19)25(29)26-17-22-10-7-15-31-22/h4-15,23H,3,16-18H2,1-2H3,(H,26,29)/t23-/m1/s1. The van der Waals surface area contributed by atoms with Gasteiger partial charge in [-0.1, -0.05) is 49.4 Å². The first-order chi connectivity index (χ1) is 15.1. The van der Waals surface area contributed by atoms with Gasteiger partial charge in [-0.15, -0.1) is 0 Å². The van der Waals surface area contributed by atoms with Crippen molar-refractivity contribution in [2.24, 2.45) is 0 Å². The number of benzene rings is 2. The molecule has 1 aromatic heterocycles. The Morgan fingerprint density at radius 1 is 1.00 bits per heavy atom. The number of carbonyl (C=O) groups excluding carboxylic acids is 2. The molecule has 3 aromatic rings. The lowest BCUT2D eigenvalue weighted by molar-refractivity contribution is -0.141. The molecule has 0 aliphatic carbocycles. The molecule has 0 spiro atoms. The number of methoxy groups -OCH3 is 1. The summed E-state index contributed by atoms with van der Waals surface area (Å²) in [4.78, 5) is 27.8. The van der Waals surface area contributed by atoms with Crippen molar-refractivity contribution in [3.63, 3.8) is 0 Å². The highest BCUT2D eigenvalue weighted by atomic mass is 16.5. The summed E-state index contributed by atoms with van der Waals surface area (Å²) >= 11 is 0. The molecule has 6 nitrogen and oxygen atoms in total. The fourth-order valence-corrected chi connectivity index (χ4v) is 3.39. The minimum atomic E-state index is -0.646. The molecule has 0 fully saturated rings. The van der Waals surface area contributed by atoms with Crippen molar-refractivity contribution in [2.45, 2.75) is 38.9 Å². The van der Waals surface area contributed by atoms with Crippen LogP contribution in [0.15, 0.2) is 77.4 Å². The van der Waals surface area contributed by atoms with E-state index in [1.807, 2.05) is 61.5 Å². The minimum absolute atomic E-state index is 0.0788. The van der Waals surface area contributed by atoms with Gasteiger partial charge in [0.05, 0.1) is 19.9 Å². The van der Waals surface area contributed by atoms with Crippen LogP contribution in [-0.4, -0.2) is 29.9 Å². The lowest BCUT2D eigenvalue weighted by Crippen LogP contribution is -2.50. The average molecular weight is 421 g/mol. The van der Waals surface area contributed by atoms with E-state index in [9.17, 15) is 9.59 Å². The van der Waals surface area contributed by atoms with Crippen molar-refractivity contribution >= 4 is 11.8 Å². The van der Waals surface area contributed by atoms with E-state index >= 15 is 0 Å². The van der Waals surface area contributed by atoms with Crippen molar-refractivity contribution in [3.8, 4) is 5.75 Å². The van der Waals surface area contributed by atoms with E-state index < -0.39 is 6.04 Å². The van der Waals surface area contributed by atoms with Crippen molar-refractivity contribution in [3.05, 3.63) is 89.9 Å². The first-order valence-corrected chi connectivity index (χ1v) is 10.4. The van der Waals surface area contributed by atoms with Gasteiger partial charge in [-0.2, -0.15) is 0 Å². The van der Waals surface area contributed by atoms with E-state index in [0.717, 1.165) is 16.9 Å². The molecule has 1 N–H and O–H groups in total. The number of rotatable bonds is 10. The number of ether oxygens (including phenoxy) is 1. The third kappa shape index (κ3) is 6.22. The van der Waals surface area contributed by atoms with Crippen LogP contribution in [0.5, 0.6) is 5.75 Å². The molecular weight excluding hydrogens is 392 g/mol. The Morgan fingerprint density at radius 2 is 1.74 bits per heavy atom. The zero-order chi connectivity index (χ0) is 22.1. The topological polar surface area (TPSA) is 71.8 Å². The minimum Gasteiger partial charge on any atom is -0.497 e. The number of nitrogens with one attached hydrogen (secondary N) is 1. The summed E-state index contributed by atoms with van der Waals surface area (Å²) < 4.78 is 10.5. The molecule has 162 valence electrons. The second-order valence-corrected chi connectivity index (χ2v) is 7.23. The van der Waals surface area contributed by atoms with Crippen LogP contribution in [0.4, 0.5) is 0 Å². The summed E-state index contributed by atoms with van der Waals surface area (Å²) in [5, 5.41) is 2.92. The van der Waals surface area contributed by atoms with E-state index in [-0.39, 0.29) is 18.4 Å². The number of nitrogens with zero attached hydrogens (tertiary/aromatic N) is 1. The molecule has 0 unspecified atom stereocenters. The van der Waals surface area contributed by atoms with Crippen LogP contribution in [0, 0.1) is 0 Å². The molecule has 0 saturated carbocycles. The van der Waals surface area contributed by atoms with Crippen LogP contribution in [-0.2, 0) is 29.1 Å². The Labute approximate surface area is 182 Å². The smallest absolute Gasteiger partial charge is 0.243 e. The van der Waals surface area contributed by atoms with Gasteiger partial charge in [0, 0.05) is 19.4 Å². The molecule has 0 saturated heterocycles. The average Bonchev–Trinajstić information content (AvgIpc) is 3.34. The van der Waals surface area contributed by atoms with Crippen LogP contribution < -0.4 is 10.1 Å². The maximum Gasteiger partial charge on any atom is 0.243 e. The third-order valence-electron chi connectivity index (χ3n) is 5.10. The number of hydrogen-bond donors (Lipinski definition) is 1. The third-order valence-corrected chi connectivity index (χ3v) is 5.10. The summed E-state index contributed by atoms with van der Waals surface area (Å²) in [7, 11) is 1.61. The fourth-order valence-electron chi connectivity index (χ4n) is 3.39. The molecule has 2 aromatic carbocycles. The molecule has 3 rings (SSSR count). The van der Waals surface area contributed by atoms with Gasteiger partial charge in [0.1, 0.15) is 17.6 Å². The molecule has 6 heteroatoms. The van der Waals surface area contributed by atoms with Gasteiger partial charge in [0.2, 0.25) is 11.8 Å². The number of furan rings is 1. The molecule has 0 aliphatic heterocycles. The van der Waals surface area contributed by atoms with Crippen LogP contribution in [0.25, 0.3) is 0 Å². The van der Waals surface area contributed by atoms with Crippen LogP contribution >= 0.6 is 0 Å². The van der Waals surface area contributed by atoms with Gasteiger partial charge >= 0.3 is 0 Å².